The molecular formula is C7H10ClNO. The molecule has 0 aromatic carbocycles. The highest BCUT2D eigenvalue weighted by Crippen LogP contribution is 2.09. The molecule has 0 aliphatic heterocycles. The fourth-order valence-corrected chi connectivity index (χ4v) is 0.601. The van der Waals surface area contributed by atoms with E-state index in [1.54, 1.807) is 18.6 Å². The molecule has 1 aromatic heterocycles. The van der Waals surface area contributed by atoms with Crippen molar-refractivity contribution in [3.8, 4) is 0 Å². The lowest BCUT2D eigenvalue weighted by Crippen LogP contribution is -2.04. The van der Waals surface area contributed by atoms with E-state index in [0.29, 0.717) is 0 Å². The largest absolute Gasteiger partial charge is 0.472 e. The maximum Gasteiger partial charge on any atom is 0.0953 e. The van der Waals surface area contributed by atoms with Gasteiger partial charge in [0.05, 0.1) is 18.6 Å². The van der Waals surface area contributed by atoms with E-state index in [-0.39, 0.29) is 18.4 Å². The minimum absolute atomic E-state index is 0. The van der Waals surface area contributed by atoms with Crippen molar-refractivity contribution in [1.29, 1.82) is 0 Å². The summed E-state index contributed by atoms with van der Waals surface area (Å²) in [7, 11) is 0. The second kappa shape index (κ2) is 4.14. The molecule has 0 spiro atoms. The van der Waals surface area contributed by atoms with E-state index < -0.39 is 0 Å². The van der Waals surface area contributed by atoms with E-state index >= 15 is 0 Å². The molecule has 0 unspecified atom stereocenters. The van der Waals surface area contributed by atoms with Crippen molar-refractivity contribution in [2.24, 2.45) is 5.73 Å². The van der Waals surface area contributed by atoms with Crippen LogP contribution < -0.4 is 5.73 Å². The van der Waals surface area contributed by atoms with Gasteiger partial charge in [0.15, 0.2) is 0 Å². The van der Waals surface area contributed by atoms with Crippen LogP contribution in [0, 0.1) is 0 Å². The Morgan fingerprint density at radius 1 is 1.70 bits per heavy atom. The van der Waals surface area contributed by atoms with E-state index in [9.17, 15) is 0 Å². The van der Waals surface area contributed by atoms with Crippen molar-refractivity contribution in [1.82, 2.24) is 0 Å². The fraction of sp³-hybridized carbons (Fsp3) is 0.143. The SMILES string of the molecule is C=C[C@H](N)c1ccoc1.Cl. The van der Waals surface area contributed by atoms with E-state index in [2.05, 4.69) is 6.58 Å². The van der Waals surface area contributed by atoms with Crippen molar-refractivity contribution in [2.45, 2.75) is 6.04 Å². The third-order valence-corrected chi connectivity index (χ3v) is 1.18. The molecule has 1 atom stereocenters. The minimum atomic E-state index is -0.0938. The van der Waals surface area contributed by atoms with Gasteiger partial charge in [-0.1, -0.05) is 6.08 Å². The van der Waals surface area contributed by atoms with Gasteiger partial charge in [0.2, 0.25) is 0 Å². The summed E-state index contributed by atoms with van der Waals surface area (Å²) in [6, 6.07) is 1.73. The third kappa shape index (κ3) is 1.90. The van der Waals surface area contributed by atoms with Crippen LogP contribution in [-0.2, 0) is 0 Å². The van der Waals surface area contributed by atoms with Crippen molar-refractivity contribution >= 4 is 12.4 Å². The van der Waals surface area contributed by atoms with Gasteiger partial charge in [-0.2, -0.15) is 0 Å². The van der Waals surface area contributed by atoms with E-state index in [1.807, 2.05) is 6.07 Å². The maximum atomic E-state index is 5.56. The van der Waals surface area contributed by atoms with Gasteiger partial charge >= 0.3 is 0 Å². The van der Waals surface area contributed by atoms with Crippen LogP contribution in [0.15, 0.2) is 35.7 Å². The summed E-state index contributed by atoms with van der Waals surface area (Å²) < 4.78 is 4.81. The lowest BCUT2D eigenvalue weighted by atomic mass is 10.2. The molecule has 1 aromatic rings. The highest BCUT2D eigenvalue weighted by atomic mass is 35.5. The van der Waals surface area contributed by atoms with Crippen molar-refractivity contribution in [3.63, 3.8) is 0 Å². The van der Waals surface area contributed by atoms with Crippen LogP contribution >= 0.6 is 12.4 Å². The average Bonchev–Trinajstić information content (AvgIpc) is 2.37. The molecule has 0 radical (unpaired) electrons. The first-order chi connectivity index (χ1) is 4.34. The molecule has 1 heterocycles. The molecule has 1 rings (SSSR count). The Labute approximate surface area is 66.1 Å². The van der Waals surface area contributed by atoms with Crippen LogP contribution in [0.5, 0.6) is 0 Å². The topological polar surface area (TPSA) is 39.2 Å². The maximum absolute atomic E-state index is 5.56. The molecule has 3 heteroatoms. The predicted molar refractivity (Wildman–Crippen MR) is 43.1 cm³/mol. The molecule has 56 valence electrons. The van der Waals surface area contributed by atoms with Gasteiger partial charge in [0.1, 0.15) is 0 Å². The van der Waals surface area contributed by atoms with Gasteiger partial charge in [-0.3, -0.25) is 0 Å². The van der Waals surface area contributed by atoms with Gasteiger partial charge in [-0.15, -0.1) is 19.0 Å². The van der Waals surface area contributed by atoms with Crippen LogP contribution in [0.4, 0.5) is 0 Å². The quantitative estimate of drug-likeness (QED) is 0.670. The summed E-state index contributed by atoms with van der Waals surface area (Å²) in [5.41, 5.74) is 6.52. The second-order valence-corrected chi connectivity index (χ2v) is 1.82. The molecule has 0 saturated heterocycles. The second-order valence-electron chi connectivity index (χ2n) is 1.82. The highest BCUT2D eigenvalue weighted by molar-refractivity contribution is 5.85. The summed E-state index contributed by atoms with van der Waals surface area (Å²) >= 11 is 0. The van der Waals surface area contributed by atoms with E-state index in [0.717, 1.165) is 5.56 Å². The summed E-state index contributed by atoms with van der Waals surface area (Å²) in [6.07, 6.45) is 4.88. The molecule has 0 amide bonds. The lowest BCUT2D eigenvalue weighted by molar-refractivity contribution is 0.562. The molecule has 0 aliphatic rings. The van der Waals surface area contributed by atoms with Gasteiger partial charge < -0.3 is 10.2 Å². The Morgan fingerprint density at radius 2 is 2.40 bits per heavy atom. The van der Waals surface area contributed by atoms with Crippen molar-refractivity contribution < 1.29 is 4.42 Å². The van der Waals surface area contributed by atoms with E-state index in [1.165, 1.54) is 0 Å². The third-order valence-electron chi connectivity index (χ3n) is 1.18. The number of hydrogen-bond acceptors (Lipinski definition) is 2. The summed E-state index contributed by atoms with van der Waals surface area (Å²) in [6.45, 7) is 3.55. The van der Waals surface area contributed by atoms with Crippen molar-refractivity contribution in [2.75, 3.05) is 0 Å². The average molecular weight is 160 g/mol. The summed E-state index contributed by atoms with van der Waals surface area (Å²) in [5.74, 6) is 0. The Morgan fingerprint density at radius 3 is 2.80 bits per heavy atom. The standard InChI is InChI=1S/C7H9NO.ClH/c1-2-7(8)6-3-4-9-5-6;/h2-5,7H,1,8H2;1H/t7-;/m0./s1. The zero-order valence-electron chi connectivity index (χ0n) is 5.49. The molecule has 10 heavy (non-hydrogen) atoms. The first-order valence-corrected chi connectivity index (χ1v) is 2.75. The first-order valence-electron chi connectivity index (χ1n) is 2.75. The van der Waals surface area contributed by atoms with Crippen LogP contribution in [0.2, 0.25) is 0 Å². The molecule has 0 saturated carbocycles. The van der Waals surface area contributed by atoms with Gasteiger partial charge in [0.25, 0.3) is 0 Å². The molecule has 2 N–H and O–H groups in total. The molecule has 0 fully saturated rings. The Bertz CT molecular complexity index is 183. The predicted octanol–water partition coefficient (Wildman–Crippen LogP) is 1.89. The van der Waals surface area contributed by atoms with E-state index in [4.69, 9.17) is 10.2 Å². The van der Waals surface area contributed by atoms with Crippen LogP contribution in [0.3, 0.4) is 0 Å². The minimum Gasteiger partial charge on any atom is -0.472 e. The smallest absolute Gasteiger partial charge is 0.0953 e. The van der Waals surface area contributed by atoms with Gasteiger partial charge in [-0.05, 0) is 6.07 Å². The number of rotatable bonds is 2. The normalized spacial score (nSPS) is 11.7. The van der Waals surface area contributed by atoms with Gasteiger partial charge in [0, 0.05) is 5.56 Å². The van der Waals surface area contributed by atoms with Crippen LogP contribution in [-0.4, -0.2) is 0 Å². The molecule has 2 nitrogen and oxygen atoms in total. The summed E-state index contributed by atoms with van der Waals surface area (Å²) in [4.78, 5) is 0. The Balaban J connectivity index is 0.000000810. The monoisotopic (exact) mass is 159 g/mol. The molecular weight excluding hydrogens is 150 g/mol. The van der Waals surface area contributed by atoms with Crippen LogP contribution in [0.1, 0.15) is 11.6 Å². The zero-order chi connectivity index (χ0) is 6.69. The number of furan rings is 1. The van der Waals surface area contributed by atoms with Gasteiger partial charge in [-0.25, -0.2) is 0 Å². The highest BCUT2D eigenvalue weighted by Gasteiger charge is 1.99. The number of nitrogens with two attached hydrogens (primary N) is 1. The van der Waals surface area contributed by atoms with Crippen molar-refractivity contribution in [3.05, 3.63) is 36.8 Å². The number of hydrogen-bond donors (Lipinski definition) is 1. The number of halogens is 1. The van der Waals surface area contributed by atoms with Crippen LogP contribution in [0.25, 0.3) is 0 Å². The lowest BCUT2D eigenvalue weighted by Gasteiger charge is -1.98. The summed E-state index contributed by atoms with van der Waals surface area (Å²) in [5, 5.41) is 0. The zero-order valence-corrected chi connectivity index (χ0v) is 6.30. The molecule has 0 bridgehead atoms. The first kappa shape index (κ1) is 9.27. The Hall–Kier alpha value is -0.730. The fourth-order valence-electron chi connectivity index (χ4n) is 0.601. The molecule has 0 aliphatic carbocycles. The Kier molecular flexibility index (Phi) is 3.84.